The number of benzene rings is 1. The molecule has 0 heterocycles. The summed E-state index contributed by atoms with van der Waals surface area (Å²) in [6, 6.07) is 5.57. The zero-order valence-corrected chi connectivity index (χ0v) is 11.6. The number of carboxylic acids is 1. The summed E-state index contributed by atoms with van der Waals surface area (Å²) in [5.74, 6) is -1.42. The quantitative estimate of drug-likeness (QED) is 0.772. The van der Waals surface area contributed by atoms with E-state index in [1.807, 2.05) is 18.2 Å². The average molecular weight is 276 g/mol. The number of hydrogen-bond acceptors (Lipinski definition) is 2. The van der Waals surface area contributed by atoms with Gasteiger partial charge in [0.15, 0.2) is 0 Å². The van der Waals surface area contributed by atoms with E-state index in [-0.39, 0.29) is 12.6 Å². The van der Waals surface area contributed by atoms with Crippen LogP contribution in [0.4, 0.5) is 10.5 Å². The lowest BCUT2D eigenvalue weighted by atomic mass is 10.1. The molecule has 0 bridgehead atoms. The zero-order valence-electron chi connectivity index (χ0n) is 11.6. The Hall–Kier alpha value is -2.04. The highest BCUT2D eigenvalue weighted by molar-refractivity contribution is 5.89. The minimum atomic E-state index is -0.884. The normalized spacial score (nSPS) is 14.4. The predicted molar refractivity (Wildman–Crippen MR) is 76.9 cm³/mol. The van der Waals surface area contributed by atoms with Gasteiger partial charge in [-0.05, 0) is 48.9 Å². The van der Waals surface area contributed by atoms with E-state index in [0.717, 1.165) is 18.5 Å². The number of hydrogen-bond donors (Lipinski definition) is 3. The van der Waals surface area contributed by atoms with Crippen LogP contribution in [0.5, 0.6) is 0 Å². The van der Waals surface area contributed by atoms with Crippen LogP contribution in [0.25, 0.3) is 0 Å². The molecule has 0 aromatic heterocycles. The monoisotopic (exact) mass is 276 g/mol. The van der Waals surface area contributed by atoms with Crippen molar-refractivity contribution >= 4 is 17.7 Å². The molecule has 3 N–H and O–H groups in total. The van der Waals surface area contributed by atoms with Gasteiger partial charge in [-0.3, -0.25) is 4.79 Å². The molecule has 5 nitrogen and oxygen atoms in total. The summed E-state index contributed by atoms with van der Waals surface area (Å²) in [5.41, 5.74) is 3.40. The summed E-state index contributed by atoms with van der Waals surface area (Å²) in [5, 5.41) is 14.3. The van der Waals surface area contributed by atoms with E-state index in [4.69, 9.17) is 5.11 Å². The Morgan fingerprint density at radius 1 is 1.30 bits per heavy atom. The van der Waals surface area contributed by atoms with Crippen molar-refractivity contribution in [2.24, 2.45) is 5.92 Å². The van der Waals surface area contributed by atoms with Crippen molar-refractivity contribution in [1.29, 1.82) is 0 Å². The summed E-state index contributed by atoms with van der Waals surface area (Å²) in [4.78, 5) is 22.6. The molecular formula is C15H20N2O3. The fraction of sp³-hybridized carbons (Fsp3) is 0.467. The van der Waals surface area contributed by atoms with Crippen LogP contribution in [0.3, 0.4) is 0 Å². The molecule has 2 rings (SSSR count). The molecular weight excluding hydrogens is 256 g/mol. The Morgan fingerprint density at radius 2 is 2.05 bits per heavy atom. The fourth-order valence-electron chi connectivity index (χ4n) is 2.45. The molecule has 0 aliphatic heterocycles. The molecule has 2 amide bonds. The third kappa shape index (κ3) is 3.50. The lowest BCUT2D eigenvalue weighted by Gasteiger charge is -2.12. The average Bonchev–Trinajstić information content (AvgIpc) is 2.86. The van der Waals surface area contributed by atoms with Crippen molar-refractivity contribution in [2.45, 2.75) is 32.6 Å². The number of urea groups is 1. The smallest absolute Gasteiger partial charge is 0.319 e. The number of carboxylic acid groups (broad SMARTS) is 1. The third-order valence-corrected chi connectivity index (χ3v) is 3.71. The molecule has 0 spiro atoms. The molecule has 1 atom stereocenters. The van der Waals surface area contributed by atoms with E-state index < -0.39 is 11.9 Å². The number of aliphatic carboxylic acids is 1. The number of amides is 2. The highest BCUT2D eigenvalue weighted by Crippen LogP contribution is 2.24. The van der Waals surface area contributed by atoms with Crippen molar-refractivity contribution in [1.82, 2.24) is 5.32 Å². The molecule has 1 unspecified atom stereocenters. The number of fused-ring (bicyclic) bond motifs is 1. The second kappa shape index (κ2) is 6.41. The molecule has 0 saturated carbocycles. The van der Waals surface area contributed by atoms with E-state index in [9.17, 15) is 9.59 Å². The van der Waals surface area contributed by atoms with Crippen LogP contribution in [0, 0.1) is 5.92 Å². The largest absolute Gasteiger partial charge is 0.481 e. The van der Waals surface area contributed by atoms with Gasteiger partial charge in [-0.2, -0.15) is 0 Å². The van der Waals surface area contributed by atoms with Crippen molar-refractivity contribution in [2.75, 3.05) is 11.9 Å². The van der Waals surface area contributed by atoms with Crippen LogP contribution in [-0.4, -0.2) is 23.7 Å². The Balaban J connectivity index is 1.87. The first kappa shape index (κ1) is 14.4. The Morgan fingerprint density at radius 3 is 2.75 bits per heavy atom. The maximum Gasteiger partial charge on any atom is 0.319 e. The Kier molecular flexibility index (Phi) is 4.61. The Bertz CT molecular complexity index is 514. The highest BCUT2D eigenvalue weighted by Gasteiger charge is 2.16. The minimum absolute atomic E-state index is 0.141. The number of carbonyl (C=O) groups is 2. The van der Waals surface area contributed by atoms with Gasteiger partial charge in [0, 0.05) is 12.2 Å². The van der Waals surface area contributed by atoms with Crippen LogP contribution in [0.15, 0.2) is 18.2 Å². The topological polar surface area (TPSA) is 78.4 Å². The Labute approximate surface area is 118 Å². The molecule has 1 aliphatic rings. The van der Waals surface area contributed by atoms with Gasteiger partial charge in [-0.25, -0.2) is 4.79 Å². The first-order chi connectivity index (χ1) is 9.60. The first-order valence-corrected chi connectivity index (χ1v) is 6.99. The van der Waals surface area contributed by atoms with Gasteiger partial charge in [0.05, 0.1) is 5.92 Å². The van der Waals surface area contributed by atoms with Crippen LogP contribution < -0.4 is 10.6 Å². The summed E-state index contributed by atoms with van der Waals surface area (Å²) < 4.78 is 0. The van der Waals surface area contributed by atoms with Crippen molar-refractivity contribution in [3.05, 3.63) is 29.3 Å². The van der Waals surface area contributed by atoms with Crippen LogP contribution in [0.2, 0.25) is 0 Å². The molecule has 1 aromatic rings. The van der Waals surface area contributed by atoms with Crippen molar-refractivity contribution < 1.29 is 14.7 Å². The van der Waals surface area contributed by atoms with Gasteiger partial charge in [0.25, 0.3) is 0 Å². The molecule has 0 saturated heterocycles. The van der Waals surface area contributed by atoms with Gasteiger partial charge in [0.1, 0.15) is 0 Å². The highest BCUT2D eigenvalue weighted by atomic mass is 16.4. The molecule has 1 aliphatic carbocycles. The molecule has 20 heavy (non-hydrogen) atoms. The molecule has 108 valence electrons. The summed E-state index contributed by atoms with van der Waals surface area (Å²) in [6.45, 7) is 1.93. The van der Waals surface area contributed by atoms with Crippen LogP contribution in [0.1, 0.15) is 30.9 Å². The van der Waals surface area contributed by atoms with E-state index in [2.05, 4.69) is 10.6 Å². The number of aryl methyl sites for hydroxylation is 2. The summed E-state index contributed by atoms with van der Waals surface area (Å²) in [7, 11) is 0. The number of anilines is 1. The maximum atomic E-state index is 11.7. The minimum Gasteiger partial charge on any atom is -0.481 e. The van der Waals surface area contributed by atoms with Crippen LogP contribution >= 0.6 is 0 Å². The zero-order chi connectivity index (χ0) is 14.5. The second-order valence-corrected chi connectivity index (χ2v) is 5.12. The molecule has 1 aromatic carbocycles. The van der Waals surface area contributed by atoms with E-state index >= 15 is 0 Å². The lowest BCUT2D eigenvalue weighted by Crippen LogP contribution is -2.35. The SMILES string of the molecule is CCC(CNC(=O)Nc1ccc2c(c1)CCC2)C(=O)O. The van der Waals surface area contributed by atoms with Crippen molar-refractivity contribution in [3.8, 4) is 0 Å². The number of nitrogens with one attached hydrogen (secondary N) is 2. The summed E-state index contributed by atoms with van der Waals surface area (Å²) in [6.07, 6.45) is 3.83. The molecule has 0 fully saturated rings. The molecule has 5 heteroatoms. The maximum absolute atomic E-state index is 11.7. The van der Waals surface area contributed by atoms with Gasteiger partial charge in [-0.1, -0.05) is 13.0 Å². The number of carbonyl (C=O) groups excluding carboxylic acids is 1. The van der Waals surface area contributed by atoms with E-state index in [1.54, 1.807) is 6.92 Å². The van der Waals surface area contributed by atoms with E-state index in [1.165, 1.54) is 17.5 Å². The number of rotatable bonds is 5. The standard InChI is InChI=1S/C15H20N2O3/c1-2-10(14(18)19)9-16-15(20)17-13-7-6-11-4-3-5-12(11)8-13/h6-8,10H,2-5,9H2,1H3,(H,18,19)(H2,16,17,20). The lowest BCUT2D eigenvalue weighted by molar-refractivity contribution is -0.141. The third-order valence-electron chi connectivity index (χ3n) is 3.71. The van der Waals surface area contributed by atoms with Gasteiger partial charge < -0.3 is 15.7 Å². The van der Waals surface area contributed by atoms with Crippen molar-refractivity contribution in [3.63, 3.8) is 0 Å². The van der Waals surface area contributed by atoms with Gasteiger partial charge in [-0.15, -0.1) is 0 Å². The van der Waals surface area contributed by atoms with Gasteiger partial charge >= 0.3 is 12.0 Å². The first-order valence-electron chi connectivity index (χ1n) is 6.99. The van der Waals surface area contributed by atoms with Gasteiger partial charge in [0.2, 0.25) is 0 Å². The summed E-state index contributed by atoms with van der Waals surface area (Å²) >= 11 is 0. The van der Waals surface area contributed by atoms with E-state index in [0.29, 0.717) is 6.42 Å². The second-order valence-electron chi connectivity index (χ2n) is 5.12. The van der Waals surface area contributed by atoms with Crippen LogP contribution in [-0.2, 0) is 17.6 Å². The fourth-order valence-corrected chi connectivity index (χ4v) is 2.45. The predicted octanol–water partition coefficient (Wildman–Crippen LogP) is 2.41. The molecule has 0 radical (unpaired) electrons.